The summed E-state index contributed by atoms with van der Waals surface area (Å²) in [5.41, 5.74) is 36.2. The van der Waals surface area contributed by atoms with Crippen molar-refractivity contribution in [2.45, 2.75) is 132 Å². The Balaban J connectivity index is 1.67. The molecule has 0 unspecified atom stereocenters. The Hall–Kier alpha value is -4.04. The lowest BCUT2D eigenvalue weighted by Crippen LogP contribution is -2.10. The Bertz CT molecular complexity index is 2390. The van der Waals surface area contributed by atoms with E-state index in [9.17, 15) is 0 Å². The molecule has 0 atom stereocenters. The fraction of sp³-hybridized carbons (Fsp3) is 0.417. The third kappa shape index (κ3) is 4.39. The molecule has 0 radical (unpaired) electrons. The van der Waals surface area contributed by atoms with E-state index in [-0.39, 0.29) is 0 Å². The van der Waals surface area contributed by atoms with Crippen molar-refractivity contribution in [1.29, 1.82) is 0 Å². The number of aromatic nitrogens is 2. The minimum atomic E-state index is 1.35. The Morgan fingerprint density at radius 3 is 1.06 bits per heavy atom. The zero-order valence-corrected chi connectivity index (χ0v) is 34.9. The van der Waals surface area contributed by atoms with Gasteiger partial charge in [0.05, 0.1) is 22.4 Å². The van der Waals surface area contributed by atoms with Gasteiger partial charge in [-0.3, -0.25) is 0 Å². The van der Waals surface area contributed by atoms with Gasteiger partial charge >= 0.3 is 0 Å². The number of aryl methyl sites for hydroxylation is 7. The van der Waals surface area contributed by atoms with Crippen molar-refractivity contribution in [3.05, 3.63) is 106 Å². The number of rotatable bonds is 3. The summed E-state index contributed by atoms with van der Waals surface area (Å²) in [5, 5.41) is 2.85. The molecule has 2 aromatic heterocycles. The molecule has 0 aliphatic rings. The predicted molar refractivity (Wildman–Crippen MR) is 221 cm³/mol. The van der Waals surface area contributed by atoms with E-state index in [0.29, 0.717) is 0 Å². The van der Waals surface area contributed by atoms with Crippen molar-refractivity contribution in [2.24, 2.45) is 7.05 Å². The quantitative estimate of drug-likeness (QED) is 0.178. The summed E-state index contributed by atoms with van der Waals surface area (Å²) in [6.07, 6.45) is 0. The molecule has 6 rings (SSSR count). The zero-order chi connectivity index (χ0) is 37.3. The first kappa shape index (κ1) is 35.8. The first-order valence-corrected chi connectivity index (χ1v) is 18.6. The molecule has 0 saturated carbocycles. The molecule has 0 spiro atoms. The van der Waals surface area contributed by atoms with Gasteiger partial charge in [0.15, 0.2) is 0 Å². The van der Waals surface area contributed by atoms with Crippen molar-refractivity contribution in [2.75, 3.05) is 0 Å². The summed E-state index contributed by atoms with van der Waals surface area (Å²) in [5.74, 6) is 0. The van der Waals surface area contributed by atoms with Crippen LogP contribution in [0.25, 0.3) is 49.9 Å². The van der Waals surface area contributed by atoms with Crippen molar-refractivity contribution < 1.29 is 0 Å². The summed E-state index contributed by atoms with van der Waals surface area (Å²) in [7, 11) is 2.28. The lowest BCUT2D eigenvalue weighted by atomic mass is 9.79. The minimum absolute atomic E-state index is 1.35. The van der Waals surface area contributed by atoms with Crippen molar-refractivity contribution in [1.82, 2.24) is 9.13 Å². The maximum Gasteiger partial charge on any atom is 0.0569 e. The Morgan fingerprint density at radius 2 is 0.620 bits per heavy atom. The number of fused-ring (bicyclic) bond motifs is 2. The fourth-order valence-electron chi connectivity index (χ4n) is 9.88. The van der Waals surface area contributed by atoms with E-state index in [0.717, 1.165) is 0 Å². The number of benzene rings is 4. The molecule has 2 heterocycles. The van der Waals surface area contributed by atoms with Gasteiger partial charge in [0.2, 0.25) is 0 Å². The van der Waals surface area contributed by atoms with Crippen molar-refractivity contribution in [3.8, 4) is 28.1 Å². The first-order valence-electron chi connectivity index (χ1n) is 18.6. The molecule has 0 fully saturated rings. The van der Waals surface area contributed by atoms with Crippen LogP contribution in [0.5, 0.6) is 0 Å². The molecular weight excluding hydrogens is 605 g/mol. The van der Waals surface area contributed by atoms with Crippen LogP contribution in [0.2, 0.25) is 0 Å². The second-order valence-corrected chi connectivity index (χ2v) is 16.0. The molecule has 0 aliphatic heterocycles. The maximum atomic E-state index is 2.60. The van der Waals surface area contributed by atoms with Gasteiger partial charge in [-0.25, -0.2) is 0 Å². The molecular formula is C48H60N2. The van der Waals surface area contributed by atoms with Gasteiger partial charge in [0.25, 0.3) is 0 Å². The van der Waals surface area contributed by atoms with E-state index in [1.165, 1.54) is 156 Å². The number of hydrogen-bond acceptors (Lipinski definition) is 0. The van der Waals surface area contributed by atoms with E-state index >= 15 is 0 Å². The monoisotopic (exact) mass is 664 g/mol. The number of nitrogens with zero attached hydrogens (tertiary/aromatic N) is 2. The van der Waals surface area contributed by atoms with Crippen LogP contribution in [-0.2, 0) is 7.05 Å². The molecule has 0 bridgehead atoms. The van der Waals surface area contributed by atoms with Gasteiger partial charge in [-0.1, -0.05) is 0 Å². The third-order valence-electron chi connectivity index (χ3n) is 14.1. The fourth-order valence-corrected chi connectivity index (χ4v) is 9.88. The summed E-state index contributed by atoms with van der Waals surface area (Å²) in [6.45, 7) is 44.3. The van der Waals surface area contributed by atoms with Crippen LogP contribution >= 0.6 is 0 Å². The molecule has 2 heteroatoms. The zero-order valence-electron chi connectivity index (χ0n) is 34.9. The largest absolute Gasteiger partial charge is 0.343 e. The molecule has 0 saturated heterocycles. The van der Waals surface area contributed by atoms with Gasteiger partial charge in [-0.15, -0.1) is 0 Å². The molecule has 262 valence electrons. The molecule has 4 aromatic carbocycles. The molecule has 0 aliphatic carbocycles. The summed E-state index contributed by atoms with van der Waals surface area (Å²) >= 11 is 0. The van der Waals surface area contributed by atoms with Crippen LogP contribution < -0.4 is 0 Å². The highest BCUT2D eigenvalue weighted by atomic mass is 15.0. The highest BCUT2D eigenvalue weighted by Gasteiger charge is 2.28. The smallest absolute Gasteiger partial charge is 0.0569 e. The maximum absolute atomic E-state index is 2.60. The highest BCUT2D eigenvalue weighted by Crippen LogP contribution is 2.48. The van der Waals surface area contributed by atoms with Crippen LogP contribution in [0.15, 0.2) is 0 Å². The summed E-state index contributed by atoms with van der Waals surface area (Å²) in [4.78, 5) is 0. The second kappa shape index (κ2) is 11.8. The van der Waals surface area contributed by atoms with E-state index in [4.69, 9.17) is 0 Å². The Labute approximate surface area is 302 Å². The standard InChI is InChI=1S/C48H60N2/c1-21-23(3)33(13)46-44(26(21)6)38(18)47(49(46)20)42-29(9)27(7)40(28(8)30(42)10)41-31(11)35(15)45(36(16)32(41)12)50-39(19)37(17)43-25(5)22(2)24(4)34(14)48(43)50/h1-20H3. The van der Waals surface area contributed by atoms with Crippen LogP contribution in [0.3, 0.4) is 0 Å². The third-order valence-corrected chi connectivity index (χ3v) is 14.1. The average molecular weight is 665 g/mol. The van der Waals surface area contributed by atoms with Gasteiger partial charge in [-0.2, -0.15) is 0 Å². The highest BCUT2D eigenvalue weighted by molar-refractivity contribution is 5.99. The minimum Gasteiger partial charge on any atom is -0.343 e. The summed E-state index contributed by atoms with van der Waals surface area (Å²) in [6, 6.07) is 0. The molecule has 2 nitrogen and oxygen atoms in total. The van der Waals surface area contributed by atoms with E-state index in [1.54, 1.807) is 0 Å². The van der Waals surface area contributed by atoms with Crippen LogP contribution in [0.4, 0.5) is 0 Å². The SMILES string of the molecule is Cc1c(C)c(-c2c(C)c3c(C)c(C)c(C)c(C)c3n2C)c(C)c(C)c1-c1c(C)c(C)c(-n2c(C)c(C)c3c(C)c(C)c(C)c(C)c32)c(C)c1C. The van der Waals surface area contributed by atoms with Gasteiger partial charge < -0.3 is 9.13 Å². The van der Waals surface area contributed by atoms with Crippen molar-refractivity contribution >= 4 is 21.8 Å². The lowest BCUT2D eigenvalue weighted by molar-refractivity contribution is 0.961. The topological polar surface area (TPSA) is 9.86 Å². The summed E-state index contributed by atoms with van der Waals surface area (Å²) < 4.78 is 5.09. The Kier molecular flexibility index (Phi) is 8.41. The van der Waals surface area contributed by atoms with Crippen LogP contribution in [0, 0.1) is 132 Å². The Morgan fingerprint density at radius 1 is 0.280 bits per heavy atom. The molecule has 50 heavy (non-hydrogen) atoms. The van der Waals surface area contributed by atoms with E-state index in [1.807, 2.05) is 0 Å². The van der Waals surface area contributed by atoms with E-state index in [2.05, 4.69) is 148 Å². The van der Waals surface area contributed by atoms with E-state index < -0.39 is 0 Å². The number of hydrogen-bond donors (Lipinski definition) is 0. The molecule has 6 aromatic rings. The molecule has 0 N–H and O–H groups in total. The predicted octanol–water partition coefficient (Wildman–Crippen LogP) is 13.3. The molecule has 0 amide bonds. The first-order chi connectivity index (χ1) is 23.2. The van der Waals surface area contributed by atoms with Gasteiger partial charge in [0.1, 0.15) is 0 Å². The lowest BCUT2D eigenvalue weighted by Gasteiger charge is -2.28. The van der Waals surface area contributed by atoms with Crippen LogP contribution in [-0.4, -0.2) is 9.13 Å². The average Bonchev–Trinajstić information content (AvgIpc) is 3.49. The second-order valence-electron chi connectivity index (χ2n) is 16.0. The van der Waals surface area contributed by atoms with Gasteiger partial charge in [0, 0.05) is 29.1 Å². The van der Waals surface area contributed by atoms with Crippen molar-refractivity contribution in [3.63, 3.8) is 0 Å². The normalized spacial score (nSPS) is 12.0. The van der Waals surface area contributed by atoms with Crippen LogP contribution in [0.1, 0.15) is 106 Å². The van der Waals surface area contributed by atoms with Gasteiger partial charge in [-0.05, 0) is 243 Å².